The monoisotopic (exact) mass is 220 g/mol. The summed E-state index contributed by atoms with van der Waals surface area (Å²) in [5.74, 6) is 0.835. The molecule has 0 radical (unpaired) electrons. The standard InChI is InChI=1S/C12H16N2O2/c1-2-9(8-13-5-1)16-11-4-3-10-12(11)15-7-6-14-10/h1-2,5,8,10-12,14H,3-4,6-7H2/t10-,11-,12+/m0/s1. The van der Waals surface area contributed by atoms with Crippen LogP contribution in [0.1, 0.15) is 12.8 Å². The molecular formula is C12H16N2O2. The first-order chi connectivity index (χ1) is 7.93. The Bertz CT molecular complexity index is 344. The maximum Gasteiger partial charge on any atom is 0.138 e. The summed E-state index contributed by atoms with van der Waals surface area (Å²) >= 11 is 0. The van der Waals surface area contributed by atoms with Gasteiger partial charge in [-0.1, -0.05) is 0 Å². The smallest absolute Gasteiger partial charge is 0.138 e. The van der Waals surface area contributed by atoms with Gasteiger partial charge in [-0.05, 0) is 25.0 Å². The fraction of sp³-hybridized carbons (Fsp3) is 0.583. The topological polar surface area (TPSA) is 43.4 Å². The zero-order valence-corrected chi connectivity index (χ0v) is 9.13. The molecule has 0 amide bonds. The summed E-state index contributed by atoms with van der Waals surface area (Å²) in [5, 5.41) is 3.48. The van der Waals surface area contributed by atoms with Crippen molar-refractivity contribution in [2.24, 2.45) is 0 Å². The van der Waals surface area contributed by atoms with Crippen molar-refractivity contribution in [3.8, 4) is 5.75 Å². The molecule has 0 spiro atoms. The molecule has 1 aliphatic heterocycles. The number of pyridine rings is 1. The van der Waals surface area contributed by atoms with Gasteiger partial charge in [0.05, 0.1) is 12.8 Å². The molecule has 1 aliphatic carbocycles. The normalized spacial score (nSPS) is 33.4. The molecule has 2 fully saturated rings. The van der Waals surface area contributed by atoms with Crippen LogP contribution in [0.2, 0.25) is 0 Å². The Morgan fingerprint density at radius 2 is 2.44 bits per heavy atom. The van der Waals surface area contributed by atoms with Gasteiger partial charge in [0.2, 0.25) is 0 Å². The molecule has 3 atom stereocenters. The second kappa shape index (κ2) is 4.39. The summed E-state index contributed by atoms with van der Waals surface area (Å²) in [6.07, 6.45) is 6.07. The number of rotatable bonds is 2. The van der Waals surface area contributed by atoms with Crippen molar-refractivity contribution in [2.45, 2.75) is 31.1 Å². The van der Waals surface area contributed by atoms with Crippen LogP contribution in [0.5, 0.6) is 5.75 Å². The molecule has 1 saturated heterocycles. The third kappa shape index (κ3) is 1.90. The van der Waals surface area contributed by atoms with Crippen molar-refractivity contribution in [1.29, 1.82) is 0 Å². The number of nitrogens with zero attached hydrogens (tertiary/aromatic N) is 1. The van der Waals surface area contributed by atoms with Crippen molar-refractivity contribution in [2.75, 3.05) is 13.2 Å². The first kappa shape index (κ1) is 10.1. The van der Waals surface area contributed by atoms with E-state index in [-0.39, 0.29) is 12.2 Å². The Balaban J connectivity index is 1.67. The molecule has 16 heavy (non-hydrogen) atoms. The highest BCUT2D eigenvalue weighted by Gasteiger charge is 2.40. The average molecular weight is 220 g/mol. The number of nitrogens with one attached hydrogen (secondary N) is 1. The molecular weight excluding hydrogens is 204 g/mol. The van der Waals surface area contributed by atoms with Crippen LogP contribution in [0.25, 0.3) is 0 Å². The predicted octanol–water partition coefficient (Wildman–Crippen LogP) is 0.980. The van der Waals surface area contributed by atoms with Gasteiger partial charge in [-0.25, -0.2) is 0 Å². The number of morpholine rings is 1. The summed E-state index contributed by atoms with van der Waals surface area (Å²) in [7, 11) is 0. The molecule has 2 heterocycles. The molecule has 1 saturated carbocycles. The lowest BCUT2D eigenvalue weighted by molar-refractivity contribution is -0.0408. The average Bonchev–Trinajstić information content (AvgIpc) is 2.74. The molecule has 1 N–H and O–H groups in total. The molecule has 0 bridgehead atoms. The number of aromatic nitrogens is 1. The van der Waals surface area contributed by atoms with E-state index in [2.05, 4.69) is 10.3 Å². The van der Waals surface area contributed by atoms with E-state index in [0.29, 0.717) is 6.04 Å². The van der Waals surface area contributed by atoms with Crippen LogP contribution in [0.4, 0.5) is 0 Å². The molecule has 3 rings (SSSR count). The summed E-state index contributed by atoms with van der Waals surface area (Å²) in [4.78, 5) is 4.05. The van der Waals surface area contributed by atoms with E-state index in [1.807, 2.05) is 12.1 Å². The van der Waals surface area contributed by atoms with Crippen LogP contribution in [0.15, 0.2) is 24.5 Å². The van der Waals surface area contributed by atoms with Gasteiger partial charge in [-0.2, -0.15) is 0 Å². The van der Waals surface area contributed by atoms with Crippen LogP contribution in [0.3, 0.4) is 0 Å². The Labute approximate surface area is 95.0 Å². The molecule has 86 valence electrons. The molecule has 4 heteroatoms. The van der Waals surface area contributed by atoms with Crippen LogP contribution in [0, 0.1) is 0 Å². The van der Waals surface area contributed by atoms with Gasteiger partial charge in [0.15, 0.2) is 0 Å². The fourth-order valence-corrected chi connectivity index (χ4v) is 2.53. The van der Waals surface area contributed by atoms with Gasteiger partial charge in [0.1, 0.15) is 18.0 Å². The van der Waals surface area contributed by atoms with Crippen molar-refractivity contribution in [1.82, 2.24) is 10.3 Å². The van der Waals surface area contributed by atoms with Crippen molar-refractivity contribution in [3.63, 3.8) is 0 Å². The first-order valence-electron chi connectivity index (χ1n) is 5.85. The maximum atomic E-state index is 5.92. The predicted molar refractivity (Wildman–Crippen MR) is 59.4 cm³/mol. The first-order valence-corrected chi connectivity index (χ1v) is 5.85. The fourth-order valence-electron chi connectivity index (χ4n) is 2.53. The highest BCUT2D eigenvalue weighted by Crippen LogP contribution is 2.28. The molecule has 0 aromatic carbocycles. The molecule has 1 aromatic rings. The quantitative estimate of drug-likeness (QED) is 0.807. The van der Waals surface area contributed by atoms with E-state index in [9.17, 15) is 0 Å². The molecule has 0 unspecified atom stereocenters. The molecule has 2 aliphatic rings. The van der Waals surface area contributed by atoms with E-state index in [1.54, 1.807) is 12.4 Å². The number of ether oxygens (including phenoxy) is 2. The van der Waals surface area contributed by atoms with Crippen LogP contribution in [-0.4, -0.2) is 36.4 Å². The minimum Gasteiger partial charge on any atom is -0.486 e. The number of hydrogen-bond acceptors (Lipinski definition) is 4. The second-order valence-corrected chi connectivity index (χ2v) is 4.32. The van der Waals surface area contributed by atoms with Gasteiger partial charge in [-0.15, -0.1) is 0 Å². The minimum absolute atomic E-state index is 0.169. The van der Waals surface area contributed by atoms with E-state index in [4.69, 9.17) is 9.47 Å². The van der Waals surface area contributed by atoms with Crippen LogP contribution >= 0.6 is 0 Å². The lowest BCUT2D eigenvalue weighted by Crippen LogP contribution is -2.49. The van der Waals surface area contributed by atoms with Crippen LogP contribution in [-0.2, 0) is 4.74 Å². The minimum atomic E-state index is 0.169. The SMILES string of the molecule is c1cncc(O[C@H]2CC[C@@H]3NCCO[C@H]32)c1. The molecule has 1 aromatic heterocycles. The van der Waals surface area contributed by atoms with E-state index >= 15 is 0 Å². The number of fused-ring (bicyclic) bond motifs is 1. The number of hydrogen-bond donors (Lipinski definition) is 1. The zero-order valence-electron chi connectivity index (χ0n) is 9.13. The summed E-state index contributed by atoms with van der Waals surface area (Å²) < 4.78 is 11.7. The van der Waals surface area contributed by atoms with E-state index < -0.39 is 0 Å². The van der Waals surface area contributed by atoms with Gasteiger partial charge < -0.3 is 14.8 Å². The van der Waals surface area contributed by atoms with Gasteiger partial charge >= 0.3 is 0 Å². The summed E-state index contributed by atoms with van der Waals surface area (Å²) in [6, 6.07) is 4.30. The Morgan fingerprint density at radius 3 is 3.31 bits per heavy atom. The van der Waals surface area contributed by atoms with E-state index in [1.165, 1.54) is 0 Å². The molecule has 4 nitrogen and oxygen atoms in total. The zero-order chi connectivity index (χ0) is 10.8. The van der Waals surface area contributed by atoms with Crippen molar-refractivity contribution in [3.05, 3.63) is 24.5 Å². The lowest BCUT2D eigenvalue weighted by atomic mass is 10.1. The highest BCUT2D eigenvalue weighted by molar-refractivity contribution is 5.16. The van der Waals surface area contributed by atoms with Crippen LogP contribution < -0.4 is 10.1 Å². The summed E-state index contributed by atoms with van der Waals surface area (Å²) in [5.41, 5.74) is 0. The summed E-state index contributed by atoms with van der Waals surface area (Å²) in [6.45, 7) is 1.74. The Hall–Kier alpha value is -1.13. The van der Waals surface area contributed by atoms with Crippen molar-refractivity contribution >= 4 is 0 Å². The Kier molecular flexibility index (Phi) is 2.76. The largest absolute Gasteiger partial charge is 0.486 e. The van der Waals surface area contributed by atoms with Gasteiger partial charge in [0, 0.05) is 18.8 Å². The second-order valence-electron chi connectivity index (χ2n) is 4.32. The van der Waals surface area contributed by atoms with Gasteiger partial charge in [0.25, 0.3) is 0 Å². The van der Waals surface area contributed by atoms with Crippen molar-refractivity contribution < 1.29 is 9.47 Å². The third-order valence-corrected chi connectivity index (χ3v) is 3.27. The van der Waals surface area contributed by atoms with Gasteiger partial charge in [-0.3, -0.25) is 4.98 Å². The van der Waals surface area contributed by atoms with E-state index in [0.717, 1.165) is 31.7 Å². The maximum absolute atomic E-state index is 5.92. The third-order valence-electron chi connectivity index (χ3n) is 3.27. The highest BCUT2D eigenvalue weighted by atomic mass is 16.5. The Morgan fingerprint density at radius 1 is 1.44 bits per heavy atom. The lowest BCUT2D eigenvalue weighted by Gasteiger charge is -2.30.